The van der Waals surface area contributed by atoms with Crippen LogP contribution in [0, 0.1) is 13.8 Å². The molecule has 32 heavy (non-hydrogen) atoms. The van der Waals surface area contributed by atoms with Crippen LogP contribution < -0.4 is 9.64 Å². The van der Waals surface area contributed by atoms with Crippen LogP contribution in [0.4, 0.5) is 5.69 Å². The van der Waals surface area contributed by atoms with Crippen LogP contribution in [-0.4, -0.2) is 23.9 Å². The van der Waals surface area contributed by atoms with E-state index < -0.39 is 23.5 Å². The van der Waals surface area contributed by atoms with Gasteiger partial charge < -0.3 is 14.3 Å². The lowest BCUT2D eigenvalue weighted by atomic mass is 9.97. The lowest BCUT2D eigenvalue weighted by molar-refractivity contribution is -0.132. The molecule has 1 atom stereocenters. The molecule has 1 unspecified atom stereocenters. The number of ether oxygens (including phenoxy) is 1. The summed E-state index contributed by atoms with van der Waals surface area (Å²) in [6.45, 7) is 3.54. The number of carbonyl (C=O) groups excluding carboxylic acids is 2. The van der Waals surface area contributed by atoms with E-state index in [1.807, 2.05) is 0 Å². The first-order valence-corrected chi connectivity index (χ1v) is 10.5. The minimum Gasteiger partial charge on any atom is -0.507 e. The number of furan rings is 1. The van der Waals surface area contributed by atoms with Crippen LogP contribution in [-0.2, 0) is 9.59 Å². The number of aliphatic hydroxyl groups excluding tert-OH is 1. The van der Waals surface area contributed by atoms with E-state index in [2.05, 4.69) is 0 Å². The molecule has 0 saturated carbocycles. The highest BCUT2D eigenvalue weighted by Gasteiger charge is 2.48. The van der Waals surface area contributed by atoms with E-state index in [4.69, 9.17) is 32.4 Å². The predicted octanol–water partition coefficient (Wildman–Crippen LogP) is 5.84. The lowest BCUT2D eigenvalue weighted by Crippen LogP contribution is -2.29. The molecule has 1 aliphatic rings. The van der Waals surface area contributed by atoms with Gasteiger partial charge in [0, 0.05) is 10.7 Å². The first-order valence-electron chi connectivity index (χ1n) is 9.70. The van der Waals surface area contributed by atoms with Crippen molar-refractivity contribution in [3.8, 4) is 5.75 Å². The van der Waals surface area contributed by atoms with Crippen molar-refractivity contribution >= 4 is 46.3 Å². The number of aryl methyl sites for hydroxylation is 2. The number of halogens is 2. The molecule has 2 aromatic carbocycles. The van der Waals surface area contributed by atoms with E-state index in [0.29, 0.717) is 22.2 Å². The summed E-state index contributed by atoms with van der Waals surface area (Å²) in [6, 6.07) is 12.2. The van der Waals surface area contributed by atoms with Gasteiger partial charge in [0.05, 0.1) is 23.3 Å². The summed E-state index contributed by atoms with van der Waals surface area (Å²) in [6.07, 6.45) is 0. The number of methoxy groups -OCH3 is 1. The molecule has 0 spiro atoms. The molecule has 8 heteroatoms. The Morgan fingerprint density at radius 3 is 2.47 bits per heavy atom. The van der Waals surface area contributed by atoms with Gasteiger partial charge in [0.25, 0.3) is 11.7 Å². The van der Waals surface area contributed by atoms with Crippen LogP contribution in [0.2, 0.25) is 10.0 Å². The maximum atomic E-state index is 13.2. The molecular formula is C24H19Cl2NO5. The molecule has 4 rings (SSSR count). The molecule has 2 heterocycles. The number of ketones is 1. The maximum absolute atomic E-state index is 13.2. The Morgan fingerprint density at radius 1 is 1.09 bits per heavy atom. The highest BCUT2D eigenvalue weighted by molar-refractivity contribution is 6.52. The molecule has 3 aromatic rings. The van der Waals surface area contributed by atoms with Crippen molar-refractivity contribution in [1.82, 2.24) is 0 Å². The summed E-state index contributed by atoms with van der Waals surface area (Å²) in [7, 11) is 1.41. The van der Waals surface area contributed by atoms with Gasteiger partial charge in [-0.05, 0) is 61.9 Å². The number of rotatable bonds is 4. The van der Waals surface area contributed by atoms with Gasteiger partial charge in [0.2, 0.25) is 0 Å². The highest BCUT2D eigenvalue weighted by atomic mass is 35.5. The molecule has 1 N–H and O–H groups in total. The maximum Gasteiger partial charge on any atom is 0.300 e. The largest absolute Gasteiger partial charge is 0.507 e. The quantitative estimate of drug-likeness (QED) is 0.293. The Bertz CT molecular complexity index is 1280. The Kier molecular flexibility index (Phi) is 5.75. The molecule has 1 aromatic heterocycles. The predicted molar refractivity (Wildman–Crippen MR) is 122 cm³/mol. The average Bonchev–Trinajstić information content (AvgIpc) is 3.28. The van der Waals surface area contributed by atoms with E-state index >= 15 is 0 Å². The van der Waals surface area contributed by atoms with Crippen molar-refractivity contribution < 1.29 is 23.8 Å². The minimum absolute atomic E-state index is 0.135. The summed E-state index contributed by atoms with van der Waals surface area (Å²) in [5.74, 6) is -0.979. The van der Waals surface area contributed by atoms with Crippen LogP contribution in [0.15, 0.2) is 58.5 Å². The second-order valence-electron chi connectivity index (χ2n) is 7.42. The zero-order valence-corrected chi connectivity index (χ0v) is 19.0. The van der Waals surface area contributed by atoms with E-state index in [1.54, 1.807) is 62.4 Å². The third kappa shape index (κ3) is 3.66. The molecular weight excluding hydrogens is 453 g/mol. The zero-order chi connectivity index (χ0) is 23.2. The van der Waals surface area contributed by atoms with Gasteiger partial charge in [-0.2, -0.15) is 0 Å². The third-order valence-corrected chi connectivity index (χ3v) is 5.72. The topological polar surface area (TPSA) is 80.0 Å². The highest BCUT2D eigenvalue weighted by Crippen LogP contribution is 2.45. The number of nitrogens with zero attached hydrogens (tertiary/aromatic N) is 1. The third-order valence-electron chi connectivity index (χ3n) is 5.21. The second kappa shape index (κ2) is 8.37. The number of carbonyl (C=O) groups is 2. The molecule has 164 valence electrons. The second-order valence-corrected chi connectivity index (χ2v) is 8.27. The van der Waals surface area contributed by atoms with Crippen molar-refractivity contribution in [2.75, 3.05) is 12.0 Å². The number of amides is 1. The number of Topliss-reactive ketones (excluding diaryl/α,β-unsaturated/α-hetero) is 1. The number of hydrogen-bond acceptors (Lipinski definition) is 5. The van der Waals surface area contributed by atoms with Gasteiger partial charge >= 0.3 is 0 Å². The first-order chi connectivity index (χ1) is 15.2. The standard InChI is InChI=1S/C24H19Cl2NO5/c1-12-9-16(23(31-3)17(26)10-12)21(28)19-20(18-8-7-13(2)32-18)27(24(30)22(19)29)15-6-4-5-14(25)11-15/h4-11,20,28H,1-3H3/b21-19+. The summed E-state index contributed by atoms with van der Waals surface area (Å²) < 4.78 is 11.2. The fourth-order valence-corrected chi connectivity index (χ4v) is 4.39. The summed E-state index contributed by atoms with van der Waals surface area (Å²) in [5, 5.41) is 12.0. The van der Waals surface area contributed by atoms with Crippen molar-refractivity contribution in [2.24, 2.45) is 0 Å². The van der Waals surface area contributed by atoms with E-state index in [9.17, 15) is 14.7 Å². The Morgan fingerprint density at radius 2 is 1.84 bits per heavy atom. The number of benzene rings is 2. The first kappa shape index (κ1) is 22.0. The van der Waals surface area contributed by atoms with E-state index in [-0.39, 0.29) is 21.9 Å². The van der Waals surface area contributed by atoms with Gasteiger partial charge in [-0.3, -0.25) is 14.5 Å². The van der Waals surface area contributed by atoms with Gasteiger partial charge in [-0.25, -0.2) is 0 Å². The molecule has 6 nitrogen and oxygen atoms in total. The van der Waals surface area contributed by atoms with Crippen LogP contribution in [0.25, 0.3) is 5.76 Å². The fraction of sp³-hybridized carbons (Fsp3) is 0.167. The average molecular weight is 472 g/mol. The number of anilines is 1. The van der Waals surface area contributed by atoms with Crippen molar-refractivity contribution in [1.29, 1.82) is 0 Å². The van der Waals surface area contributed by atoms with Gasteiger partial charge in [-0.15, -0.1) is 0 Å². The summed E-state index contributed by atoms with van der Waals surface area (Å²) in [5.41, 5.74) is 1.21. The van der Waals surface area contributed by atoms with Crippen LogP contribution in [0.5, 0.6) is 5.75 Å². The Labute approximate surface area is 194 Å². The minimum atomic E-state index is -1.01. The van der Waals surface area contributed by atoms with E-state index in [1.165, 1.54) is 12.0 Å². The molecule has 0 radical (unpaired) electrons. The van der Waals surface area contributed by atoms with Gasteiger partial charge in [0.1, 0.15) is 29.1 Å². The fourth-order valence-electron chi connectivity index (χ4n) is 3.85. The number of aliphatic hydroxyl groups is 1. The van der Waals surface area contributed by atoms with Crippen molar-refractivity contribution in [2.45, 2.75) is 19.9 Å². The number of hydrogen-bond donors (Lipinski definition) is 1. The van der Waals surface area contributed by atoms with Crippen LogP contribution in [0.1, 0.15) is 28.7 Å². The van der Waals surface area contributed by atoms with Crippen molar-refractivity contribution in [3.05, 3.63) is 86.8 Å². The van der Waals surface area contributed by atoms with Crippen LogP contribution >= 0.6 is 23.2 Å². The molecule has 0 bridgehead atoms. The Hall–Kier alpha value is -3.22. The van der Waals surface area contributed by atoms with Gasteiger partial charge in [-0.1, -0.05) is 29.3 Å². The normalized spacial score (nSPS) is 17.8. The Balaban J connectivity index is 2.00. The molecule has 1 fully saturated rings. The SMILES string of the molecule is COc1c(Cl)cc(C)cc1/C(O)=C1\C(=O)C(=O)N(c2cccc(Cl)c2)C1c1ccc(C)o1. The molecule has 1 saturated heterocycles. The van der Waals surface area contributed by atoms with Gasteiger partial charge in [0.15, 0.2) is 0 Å². The summed E-state index contributed by atoms with van der Waals surface area (Å²) >= 11 is 12.4. The molecule has 0 aliphatic carbocycles. The molecule has 1 amide bonds. The van der Waals surface area contributed by atoms with Crippen molar-refractivity contribution in [3.63, 3.8) is 0 Å². The monoisotopic (exact) mass is 471 g/mol. The zero-order valence-electron chi connectivity index (χ0n) is 17.5. The summed E-state index contributed by atoms with van der Waals surface area (Å²) in [4.78, 5) is 27.6. The lowest BCUT2D eigenvalue weighted by Gasteiger charge is -2.23. The van der Waals surface area contributed by atoms with E-state index in [0.717, 1.165) is 5.56 Å². The van der Waals surface area contributed by atoms with Crippen LogP contribution in [0.3, 0.4) is 0 Å². The smallest absolute Gasteiger partial charge is 0.300 e. The molecule has 1 aliphatic heterocycles.